The number of hydrogen-bond acceptors (Lipinski definition) is 7. The number of nitrogens with one attached hydrogen (secondary N) is 1. The van der Waals surface area contributed by atoms with Gasteiger partial charge in [-0.25, -0.2) is 9.78 Å². The number of nitrogens with zero attached hydrogens (tertiary/aromatic N) is 4. The van der Waals surface area contributed by atoms with E-state index in [9.17, 15) is 9.59 Å². The number of piperidine rings is 1. The third-order valence-electron chi connectivity index (χ3n) is 3.92. The molecule has 0 spiro atoms. The Morgan fingerprint density at radius 1 is 1.48 bits per heavy atom. The lowest BCUT2D eigenvalue weighted by Crippen LogP contribution is -2.42. The summed E-state index contributed by atoms with van der Waals surface area (Å²) >= 11 is 1.37. The zero-order valence-corrected chi connectivity index (χ0v) is 13.9. The zero-order chi connectivity index (χ0) is 16.4. The van der Waals surface area contributed by atoms with Crippen LogP contribution in [-0.4, -0.2) is 51.8 Å². The zero-order valence-electron chi connectivity index (χ0n) is 13.1. The monoisotopic (exact) mass is 337 g/mol. The normalized spacial score (nSPS) is 15.8. The Kier molecular flexibility index (Phi) is 4.46. The summed E-state index contributed by atoms with van der Waals surface area (Å²) in [7, 11) is 1.39. The topological polar surface area (TPSA) is 88.8 Å². The number of rotatable bonds is 3. The molecule has 1 saturated heterocycles. The molecule has 1 fully saturated rings. The maximum absolute atomic E-state index is 12.0. The molecule has 3 heterocycles. The Morgan fingerprint density at radius 2 is 2.22 bits per heavy atom. The van der Waals surface area contributed by atoms with Gasteiger partial charge in [0, 0.05) is 30.9 Å². The first kappa shape index (κ1) is 15.7. The number of hydrogen-bond donors (Lipinski definition) is 1. The van der Waals surface area contributed by atoms with E-state index >= 15 is 0 Å². The fraction of sp³-hybridized carbons (Fsp3) is 0.571. The van der Waals surface area contributed by atoms with Crippen LogP contribution in [0.2, 0.25) is 0 Å². The smallest absolute Gasteiger partial charge is 0.409 e. The van der Waals surface area contributed by atoms with Crippen molar-refractivity contribution in [1.29, 1.82) is 0 Å². The molecule has 124 valence electrons. The van der Waals surface area contributed by atoms with Gasteiger partial charge in [0.2, 0.25) is 10.1 Å². The van der Waals surface area contributed by atoms with Crippen molar-refractivity contribution in [3.05, 3.63) is 22.1 Å². The number of fused-ring (bicyclic) bond motifs is 1. The first-order valence-electron chi connectivity index (χ1n) is 7.60. The maximum Gasteiger partial charge on any atom is 0.409 e. The summed E-state index contributed by atoms with van der Waals surface area (Å²) in [6.07, 6.45) is 2.06. The fourth-order valence-corrected chi connectivity index (χ4v) is 3.51. The highest BCUT2D eigenvalue weighted by Gasteiger charge is 2.24. The van der Waals surface area contributed by atoms with Gasteiger partial charge in [0.25, 0.3) is 5.56 Å². The molecule has 1 amide bonds. The number of amides is 1. The quantitative estimate of drug-likeness (QED) is 0.909. The Hall–Kier alpha value is -2.16. The van der Waals surface area contributed by atoms with E-state index in [1.165, 1.54) is 29.0 Å². The van der Waals surface area contributed by atoms with Gasteiger partial charge in [0.05, 0.1) is 7.11 Å². The molecule has 0 bridgehead atoms. The number of carbonyl (C=O) groups is 1. The van der Waals surface area contributed by atoms with Crippen molar-refractivity contribution >= 4 is 27.5 Å². The van der Waals surface area contributed by atoms with Crippen LogP contribution in [0.25, 0.3) is 4.96 Å². The molecule has 1 N–H and O–H groups in total. The molecule has 23 heavy (non-hydrogen) atoms. The van der Waals surface area contributed by atoms with Crippen LogP contribution in [0.15, 0.2) is 10.9 Å². The summed E-state index contributed by atoms with van der Waals surface area (Å²) in [5.41, 5.74) is 0.619. The van der Waals surface area contributed by atoms with Crippen molar-refractivity contribution in [1.82, 2.24) is 19.5 Å². The van der Waals surface area contributed by atoms with Gasteiger partial charge in [-0.05, 0) is 19.3 Å². The van der Waals surface area contributed by atoms with Crippen molar-refractivity contribution in [3.8, 4) is 0 Å². The minimum atomic E-state index is -0.286. The highest BCUT2D eigenvalue weighted by Crippen LogP contribution is 2.21. The average molecular weight is 337 g/mol. The molecular formula is C14H19N5O3S. The molecule has 0 aromatic carbocycles. The summed E-state index contributed by atoms with van der Waals surface area (Å²) in [6, 6.07) is 1.74. The Balaban J connectivity index is 1.69. The van der Waals surface area contributed by atoms with Crippen LogP contribution < -0.4 is 10.9 Å². The molecule has 0 saturated carbocycles. The molecule has 8 nitrogen and oxygen atoms in total. The lowest BCUT2D eigenvalue weighted by molar-refractivity contribution is 0.113. The van der Waals surface area contributed by atoms with Crippen LogP contribution in [0.5, 0.6) is 0 Å². The fourth-order valence-electron chi connectivity index (χ4n) is 2.61. The standard InChI is InChI=1S/C14H19N5O3S/c1-3-9-8-11(20)19-13(16-9)23-12(17-19)15-10-4-6-18(7-5-10)14(21)22-2/h8,10H,3-7H2,1-2H3,(H,15,17). The average Bonchev–Trinajstić information content (AvgIpc) is 2.97. The van der Waals surface area contributed by atoms with Gasteiger partial charge in [0.15, 0.2) is 0 Å². The van der Waals surface area contributed by atoms with Crippen LogP contribution in [0.1, 0.15) is 25.5 Å². The summed E-state index contributed by atoms with van der Waals surface area (Å²) in [5.74, 6) is 0. The van der Waals surface area contributed by atoms with Crippen LogP contribution in [-0.2, 0) is 11.2 Å². The number of ether oxygens (including phenoxy) is 1. The van der Waals surface area contributed by atoms with E-state index in [0.717, 1.165) is 25.0 Å². The first-order valence-corrected chi connectivity index (χ1v) is 8.41. The molecule has 0 radical (unpaired) electrons. The lowest BCUT2D eigenvalue weighted by atomic mass is 10.1. The second-order valence-corrected chi connectivity index (χ2v) is 6.37. The van der Waals surface area contributed by atoms with Crippen LogP contribution >= 0.6 is 11.3 Å². The number of carbonyl (C=O) groups excluding carboxylic acids is 1. The van der Waals surface area contributed by atoms with Crippen molar-refractivity contribution in [2.75, 3.05) is 25.5 Å². The Bertz CT molecular complexity index is 763. The van der Waals surface area contributed by atoms with E-state index in [1.54, 1.807) is 4.90 Å². The third-order valence-corrected chi connectivity index (χ3v) is 4.76. The molecule has 0 unspecified atom stereocenters. The van der Waals surface area contributed by atoms with E-state index in [1.807, 2.05) is 6.92 Å². The first-order chi connectivity index (χ1) is 11.1. The van der Waals surface area contributed by atoms with E-state index in [4.69, 9.17) is 4.74 Å². The second kappa shape index (κ2) is 6.53. The number of likely N-dealkylation sites (tertiary alicyclic amines) is 1. The second-order valence-electron chi connectivity index (χ2n) is 5.42. The minimum absolute atomic E-state index is 0.156. The molecule has 0 atom stereocenters. The molecule has 3 rings (SSSR count). The van der Waals surface area contributed by atoms with Gasteiger partial charge in [-0.2, -0.15) is 4.52 Å². The Morgan fingerprint density at radius 3 is 2.87 bits per heavy atom. The van der Waals surface area contributed by atoms with Crippen molar-refractivity contribution in [2.24, 2.45) is 0 Å². The number of aryl methyl sites for hydroxylation is 1. The summed E-state index contributed by atoms with van der Waals surface area (Å²) < 4.78 is 6.06. The van der Waals surface area contributed by atoms with Crippen LogP contribution in [0.3, 0.4) is 0 Å². The number of anilines is 1. The van der Waals surface area contributed by atoms with E-state index in [-0.39, 0.29) is 17.7 Å². The maximum atomic E-state index is 12.0. The SMILES string of the molecule is CCc1cc(=O)n2nc(NC3CCN(C(=O)OC)CC3)sc2n1. The van der Waals surface area contributed by atoms with Gasteiger partial charge in [-0.15, -0.1) is 5.10 Å². The van der Waals surface area contributed by atoms with Crippen molar-refractivity contribution in [2.45, 2.75) is 32.2 Å². The predicted octanol–water partition coefficient (Wildman–Crippen LogP) is 1.36. The Labute approximate surface area is 137 Å². The van der Waals surface area contributed by atoms with Crippen LogP contribution in [0, 0.1) is 0 Å². The molecule has 9 heteroatoms. The molecule has 0 aliphatic carbocycles. The van der Waals surface area contributed by atoms with Crippen molar-refractivity contribution < 1.29 is 9.53 Å². The van der Waals surface area contributed by atoms with E-state index in [0.29, 0.717) is 23.2 Å². The van der Waals surface area contributed by atoms with Gasteiger partial charge in [-0.1, -0.05) is 18.3 Å². The number of methoxy groups -OCH3 is 1. The third kappa shape index (κ3) is 3.29. The van der Waals surface area contributed by atoms with E-state index < -0.39 is 0 Å². The van der Waals surface area contributed by atoms with E-state index in [2.05, 4.69) is 15.4 Å². The summed E-state index contributed by atoms with van der Waals surface area (Å²) in [4.78, 5) is 30.2. The molecule has 2 aromatic rings. The highest BCUT2D eigenvalue weighted by molar-refractivity contribution is 7.20. The van der Waals surface area contributed by atoms with Gasteiger partial charge < -0.3 is 15.0 Å². The largest absolute Gasteiger partial charge is 0.453 e. The number of aromatic nitrogens is 3. The van der Waals surface area contributed by atoms with Gasteiger partial charge >= 0.3 is 6.09 Å². The molecule has 1 aliphatic rings. The predicted molar refractivity (Wildman–Crippen MR) is 87.1 cm³/mol. The molecular weight excluding hydrogens is 318 g/mol. The lowest BCUT2D eigenvalue weighted by Gasteiger charge is -2.31. The van der Waals surface area contributed by atoms with Crippen LogP contribution in [0.4, 0.5) is 9.93 Å². The molecule has 2 aromatic heterocycles. The summed E-state index contributed by atoms with van der Waals surface area (Å²) in [5, 5.41) is 8.32. The minimum Gasteiger partial charge on any atom is -0.453 e. The van der Waals surface area contributed by atoms with Gasteiger partial charge in [0.1, 0.15) is 0 Å². The van der Waals surface area contributed by atoms with Crippen molar-refractivity contribution in [3.63, 3.8) is 0 Å². The molecule has 1 aliphatic heterocycles. The van der Waals surface area contributed by atoms with Gasteiger partial charge in [-0.3, -0.25) is 4.79 Å². The highest BCUT2D eigenvalue weighted by atomic mass is 32.1. The summed E-state index contributed by atoms with van der Waals surface area (Å²) in [6.45, 7) is 3.26.